The Kier molecular flexibility index (Phi) is 3.95. The predicted octanol–water partition coefficient (Wildman–Crippen LogP) is 4.08. The van der Waals surface area contributed by atoms with Gasteiger partial charge in [-0.2, -0.15) is 13.2 Å². The highest BCUT2D eigenvalue weighted by atomic mass is 19.4. The number of benzene rings is 1. The molecule has 3 heterocycles. The summed E-state index contributed by atoms with van der Waals surface area (Å²) in [7, 11) is 0. The van der Waals surface area contributed by atoms with Crippen molar-refractivity contribution in [1.82, 2.24) is 9.97 Å². The molecule has 0 aliphatic carbocycles. The van der Waals surface area contributed by atoms with Crippen LogP contribution in [0.25, 0.3) is 11.1 Å². The van der Waals surface area contributed by atoms with Gasteiger partial charge in [0.2, 0.25) is 0 Å². The van der Waals surface area contributed by atoms with Gasteiger partial charge in [-0.1, -0.05) is 13.8 Å². The summed E-state index contributed by atoms with van der Waals surface area (Å²) in [5, 5.41) is 0. The lowest BCUT2D eigenvalue weighted by molar-refractivity contribution is -0.146. The van der Waals surface area contributed by atoms with Crippen molar-refractivity contribution in [2.45, 2.75) is 50.5 Å². The highest BCUT2D eigenvalue weighted by Crippen LogP contribution is 2.47. The van der Waals surface area contributed by atoms with E-state index in [-0.39, 0.29) is 6.42 Å². The number of nitrogens with zero attached hydrogens (tertiary/aromatic N) is 2. The fraction of sp³-hybridized carbons (Fsp3) is 0.474. The van der Waals surface area contributed by atoms with Crippen LogP contribution in [-0.4, -0.2) is 35.0 Å². The number of epoxide rings is 1. The monoisotopic (exact) mass is 364 g/mol. The Hall–Kier alpha value is -2.15. The van der Waals surface area contributed by atoms with E-state index in [4.69, 9.17) is 9.47 Å². The second-order valence-corrected chi connectivity index (χ2v) is 7.46. The Morgan fingerprint density at radius 2 is 1.85 bits per heavy atom. The molecule has 7 heteroatoms. The predicted molar refractivity (Wildman–Crippen MR) is 89.0 cm³/mol. The second kappa shape index (κ2) is 5.94. The van der Waals surface area contributed by atoms with Gasteiger partial charge in [0.05, 0.1) is 12.7 Å². The molecule has 4 nitrogen and oxygen atoms in total. The van der Waals surface area contributed by atoms with Gasteiger partial charge in [0.15, 0.2) is 6.10 Å². The van der Waals surface area contributed by atoms with Crippen LogP contribution in [0.3, 0.4) is 0 Å². The smallest absolute Gasteiger partial charge is 0.417 e. The van der Waals surface area contributed by atoms with E-state index in [1.54, 1.807) is 12.4 Å². The molecule has 2 atom stereocenters. The molecule has 26 heavy (non-hydrogen) atoms. The molecule has 0 saturated carbocycles. The van der Waals surface area contributed by atoms with E-state index in [9.17, 15) is 13.2 Å². The number of rotatable bonds is 4. The van der Waals surface area contributed by atoms with Crippen LogP contribution in [0.5, 0.6) is 5.75 Å². The van der Waals surface area contributed by atoms with Gasteiger partial charge in [0.1, 0.15) is 12.1 Å². The maximum atomic E-state index is 12.8. The molecular formula is C19H19F3N2O2. The van der Waals surface area contributed by atoms with Crippen molar-refractivity contribution in [2.24, 2.45) is 0 Å². The summed E-state index contributed by atoms with van der Waals surface area (Å²) in [4.78, 5) is 8.11. The first-order chi connectivity index (χ1) is 12.3. The maximum Gasteiger partial charge on any atom is 0.417 e. The second-order valence-electron chi connectivity index (χ2n) is 7.46. The highest BCUT2D eigenvalue weighted by molar-refractivity contribution is 5.67. The number of halogens is 3. The van der Waals surface area contributed by atoms with Gasteiger partial charge < -0.3 is 9.47 Å². The first-order valence-electron chi connectivity index (χ1n) is 8.53. The van der Waals surface area contributed by atoms with Crippen molar-refractivity contribution in [3.05, 3.63) is 42.0 Å². The Labute approximate surface area is 149 Å². The molecule has 1 saturated heterocycles. The molecule has 4 rings (SSSR count). The Morgan fingerprint density at radius 3 is 2.50 bits per heavy atom. The number of hydrogen-bond acceptors (Lipinski definition) is 4. The largest absolute Gasteiger partial charge is 0.493 e. The van der Waals surface area contributed by atoms with Crippen LogP contribution in [0.15, 0.2) is 30.9 Å². The van der Waals surface area contributed by atoms with E-state index in [1.807, 2.05) is 26.0 Å². The van der Waals surface area contributed by atoms with E-state index in [0.717, 1.165) is 34.4 Å². The minimum absolute atomic E-state index is 0.279. The zero-order valence-corrected chi connectivity index (χ0v) is 14.5. The van der Waals surface area contributed by atoms with Gasteiger partial charge in [-0.15, -0.1) is 0 Å². The lowest BCUT2D eigenvalue weighted by Crippen LogP contribution is -2.25. The van der Waals surface area contributed by atoms with Crippen LogP contribution in [0.1, 0.15) is 31.4 Å². The number of fused-ring (bicyclic) bond motifs is 1. The van der Waals surface area contributed by atoms with E-state index in [0.29, 0.717) is 6.61 Å². The SMILES string of the molecule is CC(C)(CC1OC1C(F)(F)F)c1cc(-c2cncnc2)cc2c1OCC2. The molecular weight excluding hydrogens is 345 g/mol. The molecule has 1 aromatic heterocycles. The van der Waals surface area contributed by atoms with E-state index < -0.39 is 23.8 Å². The normalized spacial score (nSPS) is 22.0. The molecule has 0 radical (unpaired) electrons. The lowest BCUT2D eigenvalue weighted by Gasteiger charge is -2.27. The third-order valence-corrected chi connectivity index (χ3v) is 5.02. The van der Waals surface area contributed by atoms with Crippen LogP contribution >= 0.6 is 0 Å². The van der Waals surface area contributed by atoms with Crippen molar-refractivity contribution in [3.63, 3.8) is 0 Å². The first kappa shape index (κ1) is 17.3. The molecule has 0 N–H and O–H groups in total. The third kappa shape index (κ3) is 3.16. The topological polar surface area (TPSA) is 47.5 Å². The average Bonchev–Trinajstić information content (AvgIpc) is 3.19. The minimum Gasteiger partial charge on any atom is -0.493 e. The molecule has 138 valence electrons. The summed E-state index contributed by atoms with van der Waals surface area (Å²) in [5.41, 5.74) is 3.27. The van der Waals surface area contributed by atoms with Gasteiger partial charge in [-0.25, -0.2) is 9.97 Å². The Balaban J connectivity index is 1.68. The van der Waals surface area contributed by atoms with Gasteiger partial charge in [0.25, 0.3) is 0 Å². The molecule has 1 aromatic carbocycles. The van der Waals surface area contributed by atoms with Crippen LogP contribution in [0.4, 0.5) is 13.2 Å². The van der Waals surface area contributed by atoms with Crippen molar-refractivity contribution < 1.29 is 22.6 Å². The molecule has 1 fully saturated rings. The van der Waals surface area contributed by atoms with Crippen molar-refractivity contribution in [3.8, 4) is 16.9 Å². The minimum atomic E-state index is -4.30. The molecule has 2 aromatic rings. The molecule has 0 amide bonds. The number of aromatic nitrogens is 2. The van der Waals surface area contributed by atoms with E-state index in [1.165, 1.54) is 6.33 Å². The summed E-state index contributed by atoms with van der Waals surface area (Å²) >= 11 is 0. The number of hydrogen-bond donors (Lipinski definition) is 0. The van der Waals surface area contributed by atoms with Crippen LogP contribution in [-0.2, 0) is 16.6 Å². The maximum absolute atomic E-state index is 12.8. The van der Waals surface area contributed by atoms with Crippen LogP contribution < -0.4 is 4.74 Å². The molecule has 0 spiro atoms. The van der Waals surface area contributed by atoms with Gasteiger partial charge in [0, 0.05) is 29.9 Å². The zero-order chi connectivity index (χ0) is 18.5. The summed E-state index contributed by atoms with van der Waals surface area (Å²) in [6.07, 6.45) is -0.773. The quantitative estimate of drug-likeness (QED) is 0.767. The van der Waals surface area contributed by atoms with Crippen molar-refractivity contribution >= 4 is 0 Å². The van der Waals surface area contributed by atoms with E-state index >= 15 is 0 Å². The van der Waals surface area contributed by atoms with Crippen LogP contribution in [0.2, 0.25) is 0 Å². The Morgan fingerprint density at radius 1 is 1.12 bits per heavy atom. The molecule has 2 aliphatic rings. The summed E-state index contributed by atoms with van der Waals surface area (Å²) < 4.78 is 49.1. The zero-order valence-electron chi connectivity index (χ0n) is 14.5. The third-order valence-electron chi connectivity index (χ3n) is 5.02. The van der Waals surface area contributed by atoms with Crippen molar-refractivity contribution in [1.29, 1.82) is 0 Å². The standard InChI is InChI=1S/C19H19F3N2O2/c1-18(2,7-15-17(26-15)19(20,21)22)14-6-12(13-8-23-10-24-9-13)5-11-3-4-25-16(11)14/h5-6,8-10,15,17H,3-4,7H2,1-2H3. The summed E-state index contributed by atoms with van der Waals surface area (Å²) in [6, 6.07) is 4.03. The highest BCUT2D eigenvalue weighted by Gasteiger charge is 2.59. The average molecular weight is 364 g/mol. The fourth-order valence-electron chi connectivity index (χ4n) is 3.62. The molecule has 2 unspecified atom stereocenters. The first-order valence-corrected chi connectivity index (χ1v) is 8.53. The molecule has 0 bridgehead atoms. The molecule has 2 aliphatic heterocycles. The summed E-state index contributed by atoms with van der Waals surface area (Å²) in [5.74, 6) is 0.791. The van der Waals surface area contributed by atoms with Gasteiger partial charge in [-0.3, -0.25) is 0 Å². The lowest BCUT2D eigenvalue weighted by atomic mass is 9.77. The summed E-state index contributed by atoms with van der Waals surface area (Å²) in [6.45, 7) is 4.45. The van der Waals surface area contributed by atoms with Crippen LogP contribution in [0, 0.1) is 0 Å². The van der Waals surface area contributed by atoms with E-state index in [2.05, 4.69) is 9.97 Å². The number of alkyl halides is 3. The van der Waals surface area contributed by atoms with Gasteiger partial charge in [-0.05, 0) is 35.1 Å². The van der Waals surface area contributed by atoms with Crippen molar-refractivity contribution in [2.75, 3.05) is 6.61 Å². The Bertz CT molecular complexity index is 822. The van der Waals surface area contributed by atoms with Gasteiger partial charge >= 0.3 is 6.18 Å². The number of ether oxygens (including phenoxy) is 2. The fourth-order valence-corrected chi connectivity index (χ4v) is 3.62.